The molecule has 2 saturated carbocycles. The van der Waals surface area contributed by atoms with Crippen molar-refractivity contribution in [3.8, 4) is 0 Å². The van der Waals surface area contributed by atoms with E-state index in [0.29, 0.717) is 12.0 Å². The largest absolute Gasteiger partial charge is 0.357 e. The Morgan fingerprint density at radius 3 is 2.54 bits per heavy atom. The van der Waals surface area contributed by atoms with Crippen LogP contribution in [0.3, 0.4) is 0 Å². The van der Waals surface area contributed by atoms with Crippen LogP contribution in [0.1, 0.15) is 52.0 Å². The average molecular weight is 471 g/mol. The van der Waals surface area contributed by atoms with Gasteiger partial charge in [0, 0.05) is 38.6 Å². The minimum Gasteiger partial charge on any atom is -0.357 e. The summed E-state index contributed by atoms with van der Waals surface area (Å²) >= 11 is 0. The number of guanidine groups is 1. The predicted molar refractivity (Wildman–Crippen MR) is 117 cm³/mol. The van der Waals surface area contributed by atoms with Crippen molar-refractivity contribution in [1.29, 1.82) is 0 Å². The molecular weight excluding hydrogens is 437 g/mol. The van der Waals surface area contributed by atoms with Gasteiger partial charge in [0.1, 0.15) is 0 Å². The quantitative estimate of drug-likeness (QED) is 0.390. The molecule has 0 spiro atoms. The summed E-state index contributed by atoms with van der Waals surface area (Å²) in [6.07, 6.45) is 12.9. The van der Waals surface area contributed by atoms with E-state index in [9.17, 15) is 0 Å². The van der Waals surface area contributed by atoms with Crippen LogP contribution in [-0.2, 0) is 0 Å². The van der Waals surface area contributed by atoms with Gasteiger partial charge in [-0.1, -0.05) is 6.92 Å². The average Bonchev–Trinajstić information content (AvgIpc) is 3.55. The summed E-state index contributed by atoms with van der Waals surface area (Å²) in [6.45, 7) is 8.64. The van der Waals surface area contributed by atoms with E-state index < -0.39 is 0 Å². The van der Waals surface area contributed by atoms with E-state index in [2.05, 4.69) is 39.8 Å². The van der Waals surface area contributed by atoms with Crippen LogP contribution in [0.15, 0.2) is 23.7 Å². The Morgan fingerprint density at radius 2 is 1.96 bits per heavy atom. The summed E-state index contributed by atoms with van der Waals surface area (Å²) in [4.78, 5) is 11.8. The third-order valence-electron chi connectivity index (χ3n) is 6.37. The van der Waals surface area contributed by atoms with Crippen molar-refractivity contribution in [1.82, 2.24) is 19.8 Å². The third-order valence-corrected chi connectivity index (χ3v) is 6.37. The number of imidazole rings is 1. The normalized spacial score (nSPS) is 26.7. The van der Waals surface area contributed by atoms with Gasteiger partial charge < -0.3 is 14.8 Å². The van der Waals surface area contributed by atoms with Gasteiger partial charge in [-0.15, -0.1) is 24.0 Å². The second kappa shape index (κ2) is 8.93. The monoisotopic (exact) mass is 471 g/mol. The Morgan fingerprint density at radius 1 is 1.23 bits per heavy atom. The van der Waals surface area contributed by atoms with Gasteiger partial charge in [-0.2, -0.15) is 0 Å². The van der Waals surface area contributed by atoms with Gasteiger partial charge >= 0.3 is 0 Å². The summed E-state index contributed by atoms with van der Waals surface area (Å²) in [5.74, 6) is 4.60. The number of aliphatic imine (C=N–C) groups is 1. The van der Waals surface area contributed by atoms with Crippen LogP contribution in [0.5, 0.6) is 0 Å². The lowest BCUT2D eigenvalue weighted by Gasteiger charge is -2.39. The van der Waals surface area contributed by atoms with Crippen molar-refractivity contribution in [3.63, 3.8) is 0 Å². The first-order chi connectivity index (χ1) is 12.3. The first-order valence-corrected chi connectivity index (χ1v) is 10.3. The van der Waals surface area contributed by atoms with E-state index in [1.165, 1.54) is 32.1 Å². The zero-order valence-electron chi connectivity index (χ0n) is 16.2. The van der Waals surface area contributed by atoms with E-state index in [4.69, 9.17) is 4.99 Å². The summed E-state index contributed by atoms with van der Waals surface area (Å²) < 4.78 is 2.28. The molecule has 1 aromatic rings. The maximum absolute atomic E-state index is 5.11. The molecule has 5 nitrogen and oxygen atoms in total. The van der Waals surface area contributed by atoms with Crippen molar-refractivity contribution in [2.75, 3.05) is 26.2 Å². The fraction of sp³-hybridized carbons (Fsp3) is 0.800. The fourth-order valence-corrected chi connectivity index (χ4v) is 4.44. The minimum absolute atomic E-state index is 0. The highest BCUT2D eigenvalue weighted by Gasteiger charge is 2.41. The number of rotatable bonds is 6. The molecule has 0 bridgehead atoms. The molecule has 1 aromatic heterocycles. The minimum atomic E-state index is 0. The first kappa shape index (κ1) is 20.0. The molecule has 3 fully saturated rings. The van der Waals surface area contributed by atoms with Crippen LogP contribution in [0.2, 0.25) is 0 Å². The smallest absolute Gasteiger partial charge is 0.193 e. The molecule has 4 rings (SSSR count). The Bertz CT molecular complexity index is 567. The lowest BCUT2D eigenvalue weighted by molar-refractivity contribution is 0.188. The van der Waals surface area contributed by atoms with E-state index in [0.717, 1.165) is 49.9 Å². The maximum Gasteiger partial charge on any atom is 0.193 e. The van der Waals surface area contributed by atoms with Crippen molar-refractivity contribution < 1.29 is 0 Å². The molecule has 1 N–H and O–H groups in total. The van der Waals surface area contributed by atoms with Crippen molar-refractivity contribution in [3.05, 3.63) is 18.7 Å². The number of aromatic nitrogens is 2. The molecule has 0 radical (unpaired) electrons. The lowest BCUT2D eigenvalue weighted by atomic mass is 9.93. The van der Waals surface area contributed by atoms with Crippen molar-refractivity contribution in [2.45, 2.75) is 52.0 Å². The fourth-order valence-electron chi connectivity index (χ4n) is 4.44. The van der Waals surface area contributed by atoms with Gasteiger partial charge in [0.25, 0.3) is 0 Å². The molecular formula is C20H34IN5. The van der Waals surface area contributed by atoms with Gasteiger partial charge in [-0.25, -0.2) is 4.98 Å². The number of hydrogen-bond acceptors (Lipinski definition) is 2. The number of piperidine rings is 1. The van der Waals surface area contributed by atoms with Crippen LogP contribution < -0.4 is 5.32 Å². The van der Waals surface area contributed by atoms with Gasteiger partial charge in [0.2, 0.25) is 0 Å². The van der Waals surface area contributed by atoms with Crippen LogP contribution in [0.4, 0.5) is 0 Å². The highest BCUT2D eigenvalue weighted by Crippen LogP contribution is 2.49. The summed E-state index contributed by atoms with van der Waals surface area (Å²) in [5, 5.41) is 3.56. The maximum atomic E-state index is 5.11. The highest BCUT2D eigenvalue weighted by molar-refractivity contribution is 14.0. The molecule has 1 saturated heterocycles. The molecule has 2 atom stereocenters. The number of hydrogen-bond donors (Lipinski definition) is 1. The predicted octanol–water partition coefficient (Wildman–Crippen LogP) is 3.79. The molecule has 0 aromatic carbocycles. The number of halogens is 1. The van der Waals surface area contributed by atoms with Crippen molar-refractivity contribution in [2.24, 2.45) is 28.7 Å². The van der Waals surface area contributed by atoms with Gasteiger partial charge in [-0.05, 0) is 62.7 Å². The molecule has 2 heterocycles. The summed E-state index contributed by atoms with van der Waals surface area (Å²) in [6, 6.07) is 0.489. The summed E-state index contributed by atoms with van der Waals surface area (Å²) in [7, 11) is 0. The lowest BCUT2D eigenvalue weighted by Crippen LogP contribution is -2.49. The van der Waals surface area contributed by atoms with Gasteiger partial charge in [0.15, 0.2) is 5.96 Å². The topological polar surface area (TPSA) is 45.5 Å². The Kier molecular flexibility index (Phi) is 6.86. The number of nitrogens with zero attached hydrogens (tertiary/aromatic N) is 4. The van der Waals surface area contributed by atoms with Crippen molar-refractivity contribution >= 4 is 29.9 Å². The molecule has 0 amide bonds. The summed E-state index contributed by atoms with van der Waals surface area (Å²) in [5.41, 5.74) is 0. The van der Waals surface area contributed by atoms with Crippen LogP contribution in [0, 0.1) is 23.7 Å². The Balaban J connectivity index is 0.00000196. The molecule has 26 heavy (non-hydrogen) atoms. The van der Waals surface area contributed by atoms with Gasteiger partial charge in [0.05, 0.1) is 12.4 Å². The third kappa shape index (κ3) is 4.73. The molecule has 2 aliphatic carbocycles. The Labute approximate surface area is 175 Å². The van der Waals surface area contributed by atoms with Crippen LogP contribution in [0.25, 0.3) is 0 Å². The van der Waals surface area contributed by atoms with E-state index >= 15 is 0 Å². The molecule has 2 unspecified atom stereocenters. The van der Waals surface area contributed by atoms with Crippen LogP contribution >= 0.6 is 24.0 Å². The Hall–Kier alpha value is -0.790. The highest BCUT2D eigenvalue weighted by atomic mass is 127. The van der Waals surface area contributed by atoms with E-state index in [-0.39, 0.29) is 24.0 Å². The second-order valence-electron chi connectivity index (χ2n) is 8.32. The SMILES string of the molecule is CCNC(=NCC(C1CC1)C1CC1)N1CCC(C)C(n2ccnc2)C1.I. The zero-order valence-corrected chi connectivity index (χ0v) is 18.5. The molecule has 3 aliphatic rings. The molecule has 6 heteroatoms. The number of nitrogens with one attached hydrogen (secondary N) is 1. The molecule has 1 aliphatic heterocycles. The zero-order chi connectivity index (χ0) is 17.2. The number of likely N-dealkylation sites (tertiary alicyclic amines) is 1. The van der Waals surface area contributed by atoms with E-state index in [1.807, 2.05) is 12.5 Å². The van der Waals surface area contributed by atoms with Crippen LogP contribution in [-0.4, -0.2) is 46.6 Å². The first-order valence-electron chi connectivity index (χ1n) is 10.3. The second-order valence-corrected chi connectivity index (χ2v) is 8.32. The standard InChI is InChI=1S/C20H33N5.HI/c1-3-22-20(23-12-18(16-4-5-16)17-6-7-17)24-10-8-15(2)19(13-24)25-11-9-21-14-25;/h9,11,14-19H,3-8,10,12-13H2,1-2H3,(H,22,23);1H. The molecule has 146 valence electrons. The van der Waals surface area contributed by atoms with Gasteiger partial charge in [-0.3, -0.25) is 4.99 Å². The van der Waals surface area contributed by atoms with E-state index in [1.54, 1.807) is 0 Å².